The Labute approximate surface area is 86.7 Å². The van der Waals surface area contributed by atoms with E-state index in [1.807, 2.05) is 5.38 Å². The Hall–Kier alpha value is -0.940. The van der Waals surface area contributed by atoms with Crippen molar-refractivity contribution in [1.29, 1.82) is 0 Å². The van der Waals surface area contributed by atoms with Crippen molar-refractivity contribution < 1.29 is 4.79 Å². The quantitative estimate of drug-likeness (QED) is 0.779. The van der Waals surface area contributed by atoms with Crippen LogP contribution in [0.4, 0.5) is 0 Å². The van der Waals surface area contributed by atoms with Gasteiger partial charge in [0.15, 0.2) is 0 Å². The van der Waals surface area contributed by atoms with E-state index in [0.29, 0.717) is 6.54 Å². The molecule has 2 heterocycles. The number of carbonyl (C=O) groups is 1. The van der Waals surface area contributed by atoms with Crippen molar-refractivity contribution in [2.45, 2.75) is 25.4 Å². The molecule has 1 atom stereocenters. The summed E-state index contributed by atoms with van der Waals surface area (Å²) in [4.78, 5) is 17.6. The number of piperidine rings is 1. The van der Waals surface area contributed by atoms with Crippen LogP contribution < -0.4 is 5.73 Å². The number of hydrogen-bond acceptors (Lipinski definition) is 4. The van der Waals surface area contributed by atoms with E-state index in [-0.39, 0.29) is 11.9 Å². The summed E-state index contributed by atoms with van der Waals surface area (Å²) in [5, 5.41) is 2.90. The van der Waals surface area contributed by atoms with Gasteiger partial charge in [0.2, 0.25) is 5.91 Å². The Morgan fingerprint density at radius 1 is 1.71 bits per heavy atom. The highest BCUT2D eigenvalue weighted by Gasteiger charge is 2.25. The summed E-state index contributed by atoms with van der Waals surface area (Å²) in [6, 6.07) is -0.302. The first kappa shape index (κ1) is 9.61. The molecule has 0 aliphatic carbocycles. The Kier molecular flexibility index (Phi) is 2.79. The molecule has 1 unspecified atom stereocenters. The Balaban J connectivity index is 2.00. The van der Waals surface area contributed by atoms with Crippen LogP contribution in [0.2, 0.25) is 0 Å². The SMILES string of the molecule is NC1CCCN(Cc2nccs2)C1=O. The van der Waals surface area contributed by atoms with E-state index >= 15 is 0 Å². The number of nitrogens with zero attached hydrogens (tertiary/aromatic N) is 2. The number of thiazole rings is 1. The van der Waals surface area contributed by atoms with Crippen molar-refractivity contribution in [3.63, 3.8) is 0 Å². The largest absolute Gasteiger partial charge is 0.335 e. The maximum Gasteiger partial charge on any atom is 0.239 e. The molecule has 14 heavy (non-hydrogen) atoms. The van der Waals surface area contributed by atoms with E-state index in [1.54, 1.807) is 22.4 Å². The van der Waals surface area contributed by atoms with Crippen LogP contribution in [0.3, 0.4) is 0 Å². The lowest BCUT2D eigenvalue weighted by Crippen LogP contribution is -2.47. The summed E-state index contributed by atoms with van der Waals surface area (Å²) >= 11 is 1.57. The van der Waals surface area contributed by atoms with Crippen LogP contribution in [-0.4, -0.2) is 28.4 Å². The van der Waals surface area contributed by atoms with E-state index in [4.69, 9.17) is 5.73 Å². The van der Waals surface area contributed by atoms with E-state index in [9.17, 15) is 4.79 Å². The molecule has 0 bridgehead atoms. The highest BCUT2D eigenvalue weighted by atomic mass is 32.1. The summed E-state index contributed by atoms with van der Waals surface area (Å²) in [7, 11) is 0. The summed E-state index contributed by atoms with van der Waals surface area (Å²) in [6.45, 7) is 1.43. The van der Waals surface area contributed by atoms with Crippen LogP contribution in [0, 0.1) is 0 Å². The first-order chi connectivity index (χ1) is 6.77. The molecular formula is C9H13N3OS. The molecule has 1 aliphatic heterocycles. The van der Waals surface area contributed by atoms with Crippen LogP contribution in [0.1, 0.15) is 17.8 Å². The van der Waals surface area contributed by atoms with E-state index in [2.05, 4.69) is 4.98 Å². The fraction of sp³-hybridized carbons (Fsp3) is 0.556. The molecule has 1 aromatic heterocycles. The maximum absolute atomic E-state index is 11.6. The minimum Gasteiger partial charge on any atom is -0.335 e. The normalized spacial score (nSPS) is 22.8. The van der Waals surface area contributed by atoms with Crippen LogP contribution in [-0.2, 0) is 11.3 Å². The van der Waals surface area contributed by atoms with Crippen molar-refractivity contribution in [1.82, 2.24) is 9.88 Å². The maximum atomic E-state index is 11.6. The van der Waals surface area contributed by atoms with Crippen molar-refractivity contribution in [2.24, 2.45) is 5.73 Å². The predicted molar refractivity (Wildman–Crippen MR) is 54.7 cm³/mol. The lowest BCUT2D eigenvalue weighted by molar-refractivity contribution is -0.135. The third kappa shape index (κ3) is 1.93. The van der Waals surface area contributed by atoms with Crippen LogP contribution >= 0.6 is 11.3 Å². The lowest BCUT2D eigenvalue weighted by Gasteiger charge is -2.29. The van der Waals surface area contributed by atoms with Crippen LogP contribution in [0.15, 0.2) is 11.6 Å². The number of aromatic nitrogens is 1. The topological polar surface area (TPSA) is 59.2 Å². The summed E-state index contributed by atoms with van der Waals surface area (Å²) in [5.74, 6) is 0.0615. The van der Waals surface area contributed by atoms with Crippen molar-refractivity contribution in [3.8, 4) is 0 Å². The van der Waals surface area contributed by atoms with Gasteiger partial charge in [0, 0.05) is 18.1 Å². The zero-order chi connectivity index (χ0) is 9.97. The van der Waals surface area contributed by atoms with Gasteiger partial charge in [0.05, 0.1) is 12.6 Å². The molecule has 1 amide bonds. The number of carbonyl (C=O) groups excluding carboxylic acids is 1. The van der Waals surface area contributed by atoms with E-state index in [1.165, 1.54) is 0 Å². The molecule has 1 saturated heterocycles. The van der Waals surface area contributed by atoms with Crippen molar-refractivity contribution >= 4 is 17.2 Å². The number of hydrogen-bond donors (Lipinski definition) is 1. The van der Waals surface area contributed by atoms with Gasteiger partial charge in [-0.3, -0.25) is 4.79 Å². The molecular weight excluding hydrogens is 198 g/mol. The second-order valence-corrected chi connectivity index (χ2v) is 4.41. The van der Waals surface area contributed by atoms with Gasteiger partial charge in [0.25, 0.3) is 0 Å². The van der Waals surface area contributed by atoms with Crippen molar-refractivity contribution in [3.05, 3.63) is 16.6 Å². The van der Waals surface area contributed by atoms with Gasteiger partial charge in [-0.05, 0) is 12.8 Å². The third-order valence-corrected chi connectivity index (χ3v) is 3.15. The highest BCUT2D eigenvalue weighted by Crippen LogP contribution is 2.14. The molecule has 0 spiro atoms. The first-order valence-electron chi connectivity index (χ1n) is 4.70. The first-order valence-corrected chi connectivity index (χ1v) is 5.58. The van der Waals surface area contributed by atoms with E-state index in [0.717, 1.165) is 24.4 Å². The zero-order valence-electron chi connectivity index (χ0n) is 7.85. The Morgan fingerprint density at radius 3 is 3.29 bits per heavy atom. The number of amides is 1. The molecule has 0 aromatic carbocycles. The second kappa shape index (κ2) is 4.06. The second-order valence-electron chi connectivity index (χ2n) is 3.43. The monoisotopic (exact) mass is 211 g/mol. The van der Waals surface area contributed by atoms with Gasteiger partial charge in [-0.15, -0.1) is 11.3 Å². The average Bonchev–Trinajstić information content (AvgIpc) is 2.66. The number of likely N-dealkylation sites (tertiary alicyclic amines) is 1. The molecule has 1 fully saturated rings. The molecule has 0 radical (unpaired) electrons. The molecule has 76 valence electrons. The molecule has 0 saturated carbocycles. The molecule has 4 nitrogen and oxygen atoms in total. The average molecular weight is 211 g/mol. The third-order valence-electron chi connectivity index (χ3n) is 2.38. The van der Waals surface area contributed by atoms with Crippen LogP contribution in [0.25, 0.3) is 0 Å². The lowest BCUT2D eigenvalue weighted by atomic mass is 10.1. The van der Waals surface area contributed by atoms with Crippen molar-refractivity contribution in [2.75, 3.05) is 6.54 Å². The van der Waals surface area contributed by atoms with Gasteiger partial charge in [-0.2, -0.15) is 0 Å². The van der Waals surface area contributed by atoms with E-state index < -0.39 is 0 Å². The van der Waals surface area contributed by atoms with Gasteiger partial charge < -0.3 is 10.6 Å². The molecule has 2 rings (SSSR count). The fourth-order valence-electron chi connectivity index (χ4n) is 1.62. The van der Waals surface area contributed by atoms with Gasteiger partial charge in [-0.1, -0.05) is 0 Å². The smallest absolute Gasteiger partial charge is 0.239 e. The summed E-state index contributed by atoms with van der Waals surface area (Å²) < 4.78 is 0. The Morgan fingerprint density at radius 2 is 2.57 bits per heavy atom. The molecule has 2 N–H and O–H groups in total. The predicted octanol–water partition coefficient (Wildman–Crippen LogP) is 0.593. The number of nitrogens with two attached hydrogens (primary N) is 1. The Bertz CT molecular complexity index is 312. The van der Waals surface area contributed by atoms with Gasteiger partial charge in [-0.25, -0.2) is 4.98 Å². The fourth-order valence-corrected chi connectivity index (χ4v) is 2.25. The minimum atomic E-state index is -0.302. The standard InChI is InChI=1S/C9H13N3OS/c10-7-2-1-4-12(9(7)13)6-8-11-3-5-14-8/h3,5,7H,1-2,4,6,10H2. The molecule has 1 aromatic rings. The van der Waals surface area contributed by atoms with Gasteiger partial charge in [0.1, 0.15) is 5.01 Å². The molecule has 1 aliphatic rings. The summed E-state index contributed by atoms with van der Waals surface area (Å²) in [5.41, 5.74) is 5.69. The van der Waals surface area contributed by atoms with Gasteiger partial charge >= 0.3 is 0 Å². The highest BCUT2D eigenvalue weighted by molar-refractivity contribution is 7.09. The minimum absolute atomic E-state index is 0.0615. The zero-order valence-corrected chi connectivity index (χ0v) is 8.67. The number of rotatable bonds is 2. The van der Waals surface area contributed by atoms with Crippen LogP contribution in [0.5, 0.6) is 0 Å². The summed E-state index contributed by atoms with van der Waals surface area (Å²) in [6.07, 6.45) is 3.57. The molecule has 5 heteroatoms.